The molecule has 0 radical (unpaired) electrons. The molecule has 5 nitrogen and oxygen atoms in total. The fourth-order valence-electron chi connectivity index (χ4n) is 6.48. The van der Waals surface area contributed by atoms with Crippen LogP contribution < -0.4 is 0 Å². The summed E-state index contributed by atoms with van der Waals surface area (Å²) in [6.45, 7) is 3.13. The van der Waals surface area contributed by atoms with E-state index in [9.17, 15) is 13.6 Å². The maximum atomic E-state index is 13.5. The first kappa shape index (κ1) is 27.3. The number of piperazine rings is 1. The molecule has 2 unspecified atom stereocenters. The van der Waals surface area contributed by atoms with E-state index >= 15 is 0 Å². The zero-order valence-corrected chi connectivity index (χ0v) is 22.7. The molecule has 206 valence electrons. The number of ether oxygens (including phenoxy) is 2. The van der Waals surface area contributed by atoms with E-state index in [1.165, 1.54) is 0 Å². The van der Waals surface area contributed by atoms with Crippen LogP contribution in [-0.2, 0) is 15.0 Å². The van der Waals surface area contributed by atoms with Crippen molar-refractivity contribution in [3.05, 3.63) is 108 Å². The van der Waals surface area contributed by atoms with E-state index in [4.69, 9.17) is 9.47 Å². The molecule has 7 heteroatoms. The molecular weight excluding hydrogens is 498 g/mol. The summed E-state index contributed by atoms with van der Waals surface area (Å²) in [6.07, 6.45) is 0.748. The molecule has 0 N–H and O–H groups in total. The molecule has 3 aromatic carbocycles. The summed E-state index contributed by atoms with van der Waals surface area (Å²) in [5.74, 6) is 0. The van der Waals surface area contributed by atoms with E-state index in [0.717, 1.165) is 16.7 Å². The van der Waals surface area contributed by atoms with Crippen LogP contribution in [0.5, 0.6) is 0 Å². The van der Waals surface area contributed by atoms with Gasteiger partial charge in [0, 0.05) is 19.1 Å². The van der Waals surface area contributed by atoms with Crippen molar-refractivity contribution in [1.29, 1.82) is 0 Å². The molecule has 1 amide bonds. The lowest BCUT2D eigenvalue weighted by molar-refractivity contribution is -0.165. The lowest BCUT2D eigenvalue weighted by atomic mass is 9.74. The zero-order valence-electron chi connectivity index (χ0n) is 22.7. The first-order valence-corrected chi connectivity index (χ1v) is 13.5. The molecular formula is C32H36F2N2O3. The van der Waals surface area contributed by atoms with Crippen LogP contribution in [0.2, 0.25) is 0 Å². The maximum absolute atomic E-state index is 13.5. The number of likely N-dealkylation sites (tertiary alicyclic amines) is 1. The fourth-order valence-corrected chi connectivity index (χ4v) is 6.48. The van der Waals surface area contributed by atoms with Gasteiger partial charge in [0.25, 0.3) is 0 Å². The largest absolute Gasteiger partial charge is 0.444 e. The average Bonchev–Trinajstić information content (AvgIpc) is 3.16. The second-order valence-electron chi connectivity index (χ2n) is 11.5. The second kappa shape index (κ2) is 10.7. The predicted molar refractivity (Wildman–Crippen MR) is 147 cm³/mol. The van der Waals surface area contributed by atoms with Gasteiger partial charge in [-0.05, 0) is 50.3 Å². The van der Waals surface area contributed by atoms with Crippen LogP contribution in [0.3, 0.4) is 0 Å². The number of carbonyl (C=O) groups is 1. The van der Waals surface area contributed by atoms with Gasteiger partial charge in [-0.2, -0.15) is 8.78 Å². The second-order valence-corrected chi connectivity index (χ2v) is 11.5. The Labute approximate surface area is 229 Å². The SMILES string of the molecule is CC(C)(C)OC(=O)N1C2CCC1(COC(F)F)CN(C(c1ccccc1)(c1ccccc1)c1ccccc1)C2. The molecule has 39 heavy (non-hydrogen) atoms. The highest BCUT2D eigenvalue weighted by atomic mass is 19.3. The predicted octanol–water partition coefficient (Wildman–Crippen LogP) is 6.67. The third-order valence-electron chi connectivity index (χ3n) is 7.85. The van der Waals surface area contributed by atoms with E-state index in [1.54, 1.807) is 4.90 Å². The molecule has 2 aliphatic rings. The van der Waals surface area contributed by atoms with Crippen molar-refractivity contribution >= 4 is 6.09 Å². The van der Waals surface area contributed by atoms with Crippen molar-refractivity contribution in [2.45, 2.75) is 62.9 Å². The molecule has 0 spiro atoms. The van der Waals surface area contributed by atoms with E-state index < -0.39 is 29.4 Å². The van der Waals surface area contributed by atoms with Crippen LogP contribution >= 0.6 is 0 Å². The first-order chi connectivity index (χ1) is 18.7. The van der Waals surface area contributed by atoms with Gasteiger partial charge in [-0.15, -0.1) is 0 Å². The Balaban J connectivity index is 1.68. The molecule has 0 aliphatic carbocycles. The number of hydrogen-bond donors (Lipinski definition) is 0. The number of benzene rings is 3. The van der Waals surface area contributed by atoms with Gasteiger partial charge in [-0.3, -0.25) is 9.80 Å². The molecule has 2 fully saturated rings. The van der Waals surface area contributed by atoms with Gasteiger partial charge in [-0.25, -0.2) is 4.79 Å². The summed E-state index contributed by atoms with van der Waals surface area (Å²) in [5.41, 5.74) is 0.806. The van der Waals surface area contributed by atoms with Crippen LogP contribution in [0.4, 0.5) is 13.6 Å². The van der Waals surface area contributed by atoms with Gasteiger partial charge in [0.05, 0.1) is 17.7 Å². The third-order valence-corrected chi connectivity index (χ3v) is 7.85. The highest BCUT2D eigenvalue weighted by Crippen LogP contribution is 2.49. The quantitative estimate of drug-likeness (QED) is 0.318. The Hall–Kier alpha value is -3.29. The molecule has 0 aromatic heterocycles. The Morgan fingerprint density at radius 2 is 1.38 bits per heavy atom. The van der Waals surface area contributed by atoms with Crippen molar-refractivity contribution in [2.75, 3.05) is 19.7 Å². The summed E-state index contributed by atoms with van der Waals surface area (Å²) < 4.78 is 37.7. The van der Waals surface area contributed by atoms with Crippen LogP contribution in [0, 0.1) is 0 Å². The van der Waals surface area contributed by atoms with Crippen molar-refractivity contribution in [3.8, 4) is 0 Å². The Bertz CT molecular complexity index is 1150. The highest BCUT2D eigenvalue weighted by molar-refractivity contribution is 5.71. The van der Waals surface area contributed by atoms with E-state index in [0.29, 0.717) is 25.9 Å². The topological polar surface area (TPSA) is 42.0 Å². The maximum Gasteiger partial charge on any atom is 0.411 e. The summed E-state index contributed by atoms with van der Waals surface area (Å²) in [6, 6.07) is 30.6. The normalized spacial score (nSPS) is 21.8. The van der Waals surface area contributed by atoms with Crippen LogP contribution in [-0.4, -0.2) is 59.4 Å². The summed E-state index contributed by atoms with van der Waals surface area (Å²) in [5, 5.41) is 0. The summed E-state index contributed by atoms with van der Waals surface area (Å²) >= 11 is 0. The Morgan fingerprint density at radius 3 is 1.82 bits per heavy atom. The fraction of sp³-hybridized carbons (Fsp3) is 0.406. The van der Waals surface area contributed by atoms with Gasteiger partial charge < -0.3 is 9.47 Å². The molecule has 2 heterocycles. The minimum atomic E-state index is -2.93. The van der Waals surface area contributed by atoms with E-state index in [-0.39, 0.29) is 12.6 Å². The number of fused-ring (bicyclic) bond motifs is 2. The zero-order chi connectivity index (χ0) is 27.7. The van der Waals surface area contributed by atoms with Crippen LogP contribution in [0.15, 0.2) is 91.0 Å². The molecule has 5 rings (SSSR count). The van der Waals surface area contributed by atoms with Crippen molar-refractivity contribution in [2.24, 2.45) is 0 Å². The molecule has 3 aromatic rings. The third kappa shape index (κ3) is 5.18. The number of rotatable bonds is 7. The molecule has 2 atom stereocenters. The smallest absolute Gasteiger partial charge is 0.411 e. The van der Waals surface area contributed by atoms with Crippen LogP contribution in [0.1, 0.15) is 50.3 Å². The van der Waals surface area contributed by atoms with Gasteiger partial charge in [0.15, 0.2) is 0 Å². The lowest BCUT2D eigenvalue weighted by Crippen LogP contribution is -2.69. The Kier molecular flexibility index (Phi) is 7.49. The number of amides is 1. The summed E-state index contributed by atoms with van der Waals surface area (Å²) in [4.78, 5) is 17.6. The monoisotopic (exact) mass is 534 g/mol. The van der Waals surface area contributed by atoms with Crippen molar-refractivity contribution in [3.63, 3.8) is 0 Å². The van der Waals surface area contributed by atoms with Gasteiger partial charge in [0.2, 0.25) is 0 Å². The lowest BCUT2D eigenvalue weighted by Gasteiger charge is -2.55. The number of halogens is 2. The van der Waals surface area contributed by atoms with Gasteiger partial charge in [0.1, 0.15) is 5.60 Å². The first-order valence-electron chi connectivity index (χ1n) is 13.5. The average molecular weight is 535 g/mol. The van der Waals surface area contributed by atoms with Gasteiger partial charge in [-0.1, -0.05) is 91.0 Å². The van der Waals surface area contributed by atoms with Crippen LogP contribution in [0.25, 0.3) is 0 Å². The number of alkyl halides is 2. The van der Waals surface area contributed by atoms with Crippen molar-refractivity contribution in [1.82, 2.24) is 9.80 Å². The number of carbonyl (C=O) groups excluding carboxylic acids is 1. The minimum absolute atomic E-state index is 0.217. The standard InChI is InChI=1S/C32H36F2N2O3/c1-30(2,3)39-29(37)36-27-19-20-31(36,23-38-28(33)34)22-35(21-27)32(24-13-7-4-8-14-24,25-15-9-5-10-16-25)26-17-11-6-12-18-26/h4-18,27-28H,19-23H2,1-3H3. The molecule has 2 saturated heterocycles. The molecule has 2 bridgehead atoms. The number of hydrogen-bond acceptors (Lipinski definition) is 4. The van der Waals surface area contributed by atoms with Gasteiger partial charge >= 0.3 is 12.7 Å². The number of nitrogens with zero attached hydrogens (tertiary/aromatic N) is 2. The Morgan fingerprint density at radius 1 is 0.897 bits per heavy atom. The highest BCUT2D eigenvalue weighted by Gasteiger charge is 2.59. The summed E-state index contributed by atoms with van der Waals surface area (Å²) in [7, 11) is 0. The minimum Gasteiger partial charge on any atom is -0.444 e. The molecule has 2 aliphatic heterocycles. The molecule has 0 saturated carbocycles. The van der Waals surface area contributed by atoms with E-state index in [1.807, 2.05) is 75.4 Å². The van der Waals surface area contributed by atoms with Crippen molar-refractivity contribution < 1.29 is 23.0 Å². The van der Waals surface area contributed by atoms with E-state index in [2.05, 4.69) is 41.3 Å².